The fourth-order valence-corrected chi connectivity index (χ4v) is 2.73. The summed E-state index contributed by atoms with van der Waals surface area (Å²) >= 11 is 0. The quantitative estimate of drug-likeness (QED) is 0.558. The Morgan fingerprint density at radius 1 is 1.00 bits per heavy atom. The molecule has 0 fully saturated rings. The molecule has 1 aliphatic rings. The summed E-state index contributed by atoms with van der Waals surface area (Å²) in [5, 5.41) is 13.1. The summed E-state index contributed by atoms with van der Waals surface area (Å²) < 4.78 is 0. The van der Waals surface area contributed by atoms with Crippen molar-refractivity contribution < 1.29 is 9.90 Å². The number of hydrogen-bond acceptors (Lipinski definition) is 2. The molecule has 0 aromatic heterocycles. The highest BCUT2D eigenvalue weighted by Gasteiger charge is 2.07. The number of amides is 1. The van der Waals surface area contributed by atoms with Crippen LogP contribution in [0.4, 0.5) is 0 Å². The van der Waals surface area contributed by atoms with Crippen molar-refractivity contribution in [3.05, 3.63) is 96.2 Å². The Bertz CT molecular complexity index is 745. The molecular formula is C27H37NO2. The minimum Gasteiger partial charge on any atom is -0.389 e. The molecule has 0 saturated heterocycles. The minimum absolute atomic E-state index is 0.0661. The molecule has 30 heavy (non-hydrogen) atoms. The van der Waals surface area contributed by atoms with Crippen LogP contribution < -0.4 is 5.32 Å². The van der Waals surface area contributed by atoms with Gasteiger partial charge in [0.15, 0.2) is 0 Å². The normalized spacial score (nSPS) is 29.8. The summed E-state index contributed by atoms with van der Waals surface area (Å²) in [6.07, 6.45) is 31.0. The van der Waals surface area contributed by atoms with Gasteiger partial charge in [0.05, 0.1) is 6.10 Å². The zero-order valence-electron chi connectivity index (χ0n) is 18.6. The van der Waals surface area contributed by atoms with Crippen LogP contribution in [0.5, 0.6) is 0 Å². The van der Waals surface area contributed by atoms with E-state index in [0.29, 0.717) is 6.42 Å². The van der Waals surface area contributed by atoms with Crippen LogP contribution in [0.3, 0.4) is 0 Å². The molecule has 2 atom stereocenters. The van der Waals surface area contributed by atoms with Crippen LogP contribution in [0, 0.1) is 0 Å². The number of unbranched alkanes of at least 4 members (excludes halogenated alkanes) is 1. The number of allylic oxidation sites excluding steroid dienone is 11. The summed E-state index contributed by atoms with van der Waals surface area (Å²) in [7, 11) is 0. The van der Waals surface area contributed by atoms with Crippen LogP contribution in [0.15, 0.2) is 96.2 Å². The lowest BCUT2D eigenvalue weighted by Gasteiger charge is -2.14. The third kappa shape index (κ3) is 13.5. The molecule has 1 rings (SSSR count). The molecule has 0 aromatic rings. The molecular weight excluding hydrogens is 370 g/mol. The molecule has 0 aliphatic carbocycles. The highest BCUT2D eigenvalue weighted by atomic mass is 16.3. The molecule has 1 amide bonds. The third-order valence-corrected chi connectivity index (χ3v) is 4.51. The van der Waals surface area contributed by atoms with Gasteiger partial charge in [-0.1, -0.05) is 103 Å². The highest BCUT2D eigenvalue weighted by molar-refractivity contribution is 5.88. The second-order valence-electron chi connectivity index (χ2n) is 7.49. The van der Waals surface area contributed by atoms with E-state index in [-0.39, 0.29) is 11.9 Å². The van der Waals surface area contributed by atoms with Crippen molar-refractivity contribution in [2.75, 3.05) is 0 Å². The zero-order valence-corrected chi connectivity index (χ0v) is 18.6. The van der Waals surface area contributed by atoms with E-state index in [0.717, 1.165) is 36.8 Å². The van der Waals surface area contributed by atoms with Crippen LogP contribution in [0.25, 0.3) is 0 Å². The molecule has 162 valence electrons. The van der Waals surface area contributed by atoms with E-state index in [4.69, 9.17) is 0 Å². The Hall–Kier alpha value is -2.65. The maximum Gasteiger partial charge on any atom is 0.244 e. The average Bonchev–Trinajstić information content (AvgIpc) is 2.72. The van der Waals surface area contributed by atoms with Crippen LogP contribution in [-0.2, 0) is 4.79 Å². The van der Waals surface area contributed by atoms with Gasteiger partial charge in [0.1, 0.15) is 0 Å². The van der Waals surface area contributed by atoms with Crippen molar-refractivity contribution in [3.63, 3.8) is 0 Å². The van der Waals surface area contributed by atoms with Crippen molar-refractivity contribution in [1.29, 1.82) is 0 Å². The molecule has 1 aliphatic heterocycles. The van der Waals surface area contributed by atoms with Gasteiger partial charge in [0.2, 0.25) is 5.91 Å². The number of aliphatic hydroxyl groups is 1. The predicted octanol–water partition coefficient (Wildman–Crippen LogP) is 6.05. The van der Waals surface area contributed by atoms with Gasteiger partial charge in [0, 0.05) is 12.1 Å². The SMILES string of the molecule is CCC/C=C/CC1C/C=C/C=C(C)/C=C/C=C\C(O)C/C=C(C)/C=C/C=CC(=O)N1. The first-order valence-electron chi connectivity index (χ1n) is 10.8. The number of hydrogen-bond donors (Lipinski definition) is 2. The number of nitrogens with one attached hydrogen (secondary N) is 1. The monoisotopic (exact) mass is 407 g/mol. The molecule has 3 heteroatoms. The molecule has 0 saturated carbocycles. The topological polar surface area (TPSA) is 49.3 Å². The van der Waals surface area contributed by atoms with Crippen molar-refractivity contribution >= 4 is 5.91 Å². The molecule has 0 radical (unpaired) electrons. The van der Waals surface area contributed by atoms with E-state index in [2.05, 4.69) is 30.5 Å². The highest BCUT2D eigenvalue weighted by Crippen LogP contribution is 2.06. The summed E-state index contributed by atoms with van der Waals surface area (Å²) in [5.41, 5.74) is 2.16. The zero-order chi connectivity index (χ0) is 22.0. The maximum atomic E-state index is 12.3. The molecule has 2 unspecified atom stereocenters. The van der Waals surface area contributed by atoms with Crippen molar-refractivity contribution in [1.82, 2.24) is 5.32 Å². The van der Waals surface area contributed by atoms with Gasteiger partial charge in [0.25, 0.3) is 0 Å². The first-order valence-corrected chi connectivity index (χ1v) is 10.8. The first-order chi connectivity index (χ1) is 14.5. The van der Waals surface area contributed by atoms with Gasteiger partial charge in [-0.3, -0.25) is 4.79 Å². The van der Waals surface area contributed by atoms with Gasteiger partial charge in [-0.25, -0.2) is 0 Å². The smallest absolute Gasteiger partial charge is 0.244 e. The van der Waals surface area contributed by atoms with E-state index >= 15 is 0 Å². The van der Waals surface area contributed by atoms with E-state index in [1.54, 1.807) is 18.2 Å². The van der Waals surface area contributed by atoms with Crippen molar-refractivity contribution in [3.8, 4) is 0 Å². The summed E-state index contributed by atoms with van der Waals surface area (Å²) in [5.74, 6) is -0.0896. The Morgan fingerprint density at radius 3 is 2.53 bits per heavy atom. The molecule has 2 N–H and O–H groups in total. The molecule has 3 nitrogen and oxygen atoms in total. The van der Waals surface area contributed by atoms with Crippen molar-refractivity contribution in [2.45, 2.75) is 65.0 Å². The molecule has 1 heterocycles. The van der Waals surface area contributed by atoms with Gasteiger partial charge in [-0.05, 0) is 39.5 Å². The Labute approximate surface area is 182 Å². The fraction of sp³-hybridized carbons (Fsp3) is 0.370. The first kappa shape index (κ1) is 25.4. The standard InChI is InChI=1S/C27H37NO2/c1-4-5-6-7-17-25-18-11-8-14-23(2)15-9-12-19-26(29)22-21-24(3)16-10-13-20-27(30)28-25/h6-16,19-21,25-26,29H,4-5,17-18,22H2,1-3H3,(H,28,30)/b7-6+,11-8+,15-9+,16-10+,19-12-,20-13?,23-14+,24-21+. The van der Waals surface area contributed by atoms with Crippen LogP contribution in [0.1, 0.15) is 52.9 Å². The Balaban J connectivity index is 2.94. The van der Waals surface area contributed by atoms with E-state index < -0.39 is 6.10 Å². The van der Waals surface area contributed by atoms with Crippen LogP contribution in [0.2, 0.25) is 0 Å². The minimum atomic E-state index is -0.516. The van der Waals surface area contributed by atoms with E-state index in [1.165, 1.54) is 0 Å². The van der Waals surface area contributed by atoms with Gasteiger partial charge >= 0.3 is 0 Å². The number of carbonyl (C=O) groups excluding carboxylic acids is 1. The van der Waals surface area contributed by atoms with E-state index in [1.807, 2.05) is 62.5 Å². The number of carbonyl (C=O) groups is 1. The second-order valence-corrected chi connectivity index (χ2v) is 7.49. The lowest BCUT2D eigenvalue weighted by molar-refractivity contribution is -0.117. The second kappa shape index (κ2) is 16.2. The van der Waals surface area contributed by atoms with Crippen molar-refractivity contribution in [2.24, 2.45) is 0 Å². The molecule has 0 aromatic carbocycles. The fourth-order valence-electron chi connectivity index (χ4n) is 2.73. The number of aliphatic hydroxyl groups excluding tert-OH is 1. The van der Waals surface area contributed by atoms with Crippen LogP contribution >= 0.6 is 0 Å². The lowest BCUT2D eigenvalue weighted by Crippen LogP contribution is -2.32. The summed E-state index contributed by atoms with van der Waals surface area (Å²) in [6.45, 7) is 6.17. The molecule has 0 bridgehead atoms. The van der Waals surface area contributed by atoms with Gasteiger partial charge < -0.3 is 10.4 Å². The number of rotatable bonds is 4. The summed E-state index contributed by atoms with van der Waals surface area (Å²) in [4.78, 5) is 12.3. The largest absolute Gasteiger partial charge is 0.389 e. The Morgan fingerprint density at radius 2 is 1.73 bits per heavy atom. The van der Waals surface area contributed by atoms with Crippen LogP contribution in [-0.4, -0.2) is 23.2 Å². The molecule has 0 spiro atoms. The lowest BCUT2D eigenvalue weighted by atomic mass is 10.1. The van der Waals surface area contributed by atoms with Gasteiger partial charge in [-0.15, -0.1) is 0 Å². The van der Waals surface area contributed by atoms with E-state index in [9.17, 15) is 9.90 Å². The van der Waals surface area contributed by atoms with Gasteiger partial charge in [-0.2, -0.15) is 0 Å². The average molecular weight is 408 g/mol. The summed E-state index contributed by atoms with van der Waals surface area (Å²) in [6, 6.07) is 0.0661. The Kier molecular flexibility index (Phi) is 13.7. The third-order valence-electron chi connectivity index (χ3n) is 4.51. The predicted molar refractivity (Wildman–Crippen MR) is 129 cm³/mol. The maximum absolute atomic E-state index is 12.3.